The van der Waals surface area contributed by atoms with Gasteiger partial charge in [0.05, 0.1) is 6.61 Å². The molecule has 0 spiro atoms. The number of rotatable bonds is 5. The molecule has 1 saturated heterocycles. The molecule has 100 valence electrons. The van der Waals surface area contributed by atoms with Crippen LogP contribution < -0.4 is 5.32 Å². The third-order valence-corrected chi connectivity index (χ3v) is 4.13. The molecule has 1 aliphatic rings. The molecule has 18 heavy (non-hydrogen) atoms. The minimum Gasteiger partial charge on any atom is -0.378 e. The van der Waals surface area contributed by atoms with Gasteiger partial charge in [-0.25, -0.2) is 0 Å². The van der Waals surface area contributed by atoms with E-state index in [0.29, 0.717) is 12.6 Å². The second-order valence-electron chi connectivity index (χ2n) is 4.84. The van der Waals surface area contributed by atoms with Crippen molar-refractivity contribution < 1.29 is 9.47 Å². The zero-order valence-electron chi connectivity index (χ0n) is 10.9. The van der Waals surface area contributed by atoms with Gasteiger partial charge in [0.25, 0.3) is 0 Å². The summed E-state index contributed by atoms with van der Waals surface area (Å²) in [6, 6.07) is 8.71. The minimum atomic E-state index is -0.149. The maximum absolute atomic E-state index is 5.61. The molecule has 1 aromatic carbocycles. The first-order valence-electron chi connectivity index (χ1n) is 6.27. The van der Waals surface area contributed by atoms with Gasteiger partial charge in [0, 0.05) is 37.2 Å². The zero-order valence-corrected chi connectivity index (χ0v) is 12.5. The number of hydrogen-bond donors (Lipinski definition) is 1. The van der Waals surface area contributed by atoms with Crippen LogP contribution in [0.1, 0.15) is 24.9 Å². The lowest BCUT2D eigenvalue weighted by atomic mass is 10.0. The Morgan fingerprint density at radius 3 is 2.72 bits per heavy atom. The van der Waals surface area contributed by atoms with Crippen molar-refractivity contribution in [2.75, 3.05) is 26.9 Å². The average molecular weight is 314 g/mol. The Kier molecular flexibility index (Phi) is 4.78. The van der Waals surface area contributed by atoms with E-state index in [1.807, 2.05) is 0 Å². The lowest BCUT2D eigenvalue weighted by molar-refractivity contribution is -0.0172. The van der Waals surface area contributed by atoms with Gasteiger partial charge < -0.3 is 14.8 Å². The van der Waals surface area contributed by atoms with Gasteiger partial charge in [-0.15, -0.1) is 0 Å². The van der Waals surface area contributed by atoms with E-state index in [4.69, 9.17) is 9.47 Å². The molecule has 0 aromatic heterocycles. The fourth-order valence-electron chi connectivity index (χ4n) is 2.17. The highest BCUT2D eigenvalue weighted by atomic mass is 79.9. The van der Waals surface area contributed by atoms with Gasteiger partial charge in [-0.1, -0.05) is 28.1 Å². The van der Waals surface area contributed by atoms with Crippen molar-refractivity contribution in [2.24, 2.45) is 0 Å². The Hall–Kier alpha value is -0.420. The van der Waals surface area contributed by atoms with Crippen LogP contribution in [0.5, 0.6) is 0 Å². The second kappa shape index (κ2) is 6.15. The molecule has 0 saturated carbocycles. The lowest BCUT2D eigenvalue weighted by Crippen LogP contribution is -2.43. The van der Waals surface area contributed by atoms with Crippen LogP contribution >= 0.6 is 15.9 Å². The number of ether oxygens (including phenoxy) is 2. The standard InChI is InChI=1S/C14H20BrNO2/c1-11(12-3-5-13(15)6-4-12)16-9-14(17-2)7-8-18-10-14/h3-6,11,16H,7-10H2,1-2H3. The Bertz CT molecular complexity index is 374. The highest BCUT2D eigenvalue weighted by Gasteiger charge is 2.34. The van der Waals surface area contributed by atoms with Crippen LogP contribution in [0, 0.1) is 0 Å². The highest BCUT2D eigenvalue weighted by Crippen LogP contribution is 2.23. The van der Waals surface area contributed by atoms with E-state index in [1.54, 1.807) is 7.11 Å². The molecule has 1 fully saturated rings. The van der Waals surface area contributed by atoms with E-state index >= 15 is 0 Å². The van der Waals surface area contributed by atoms with Crippen molar-refractivity contribution in [3.8, 4) is 0 Å². The molecule has 3 nitrogen and oxygen atoms in total. The van der Waals surface area contributed by atoms with Crippen molar-refractivity contribution in [1.82, 2.24) is 5.32 Å². The fraction of sp³-hybridized carbons (Fsp3) is 0.571. The molecule has 2 unspecified atom stereocenters. The number of halogens is 1. The van der Waals surface area contributed by atoms with Crippen molar-refractivity contribution in [3.63, 3.8) is 0 Å². The highest BCUT2D eigenvalue weighted by molar-refractivity contribution is 9.10. The Morgan fingerprint density at radius 1 is 1.44 bits per heavy atom. The molecule has 2 atom stereocenters. The Balaban J connectivity index is 1.91. The third-order valence-electron chi connectivity index (χ3n) is 3.60. The molecule has 0 radical (unpaired) electrons. The summed E-state index contributed by atoms with van der Waals surface area (Å²) in [7, 11) is 1.76. The van der Waals surface area contributed by atoms with Crippen molar-refractivity contribution in [3.05, 3.63) is 34.3 Å². The summed E-state index contributed by atoms with van der Waals surface area (Å²) in [5.41, 5.74) is 1.13. The maximum Gasteiger partial charge on any atom is 0.106 e. The Morgan fingerprint density at radius 2 is 2.17 bits per heavy atom. The van der Waals surface area contributed by atoms with Gasteiger partial charge in [0.15, 0.2) is 0 Å². The first-order chi connectivity index (χ1) is 8.65. The summed E-state index contributed by atoms with van der Waals surface area (Å²) in [5.74, 6) is 0. The van der Waals surface area contributed by atoms with E-state index < -0.39 is 0 Å². The summed E-state index contributed by atoms with van der Waals surface area (Å²) in [5, 5.41) is 3.53. The third kappa shape index (κ3) is 3.32. The average Bonchev–Trinajstić information content (AvgIpc) is 2.86. The fourth-order valence-corrected chi connectivity index (χ4v) is 2.43. The number of benzene rings is 1. The summed E-state index contributed by atoms with van der Waals surface area (Å²) in [4.78, 5) is 0. The largest absolute Gasteiger partial charge is 0.378 e. The van der Waals surface area contributed by atoms with Gasteiger partial charge in [0.2, 0.25) is 0 Å². The second-order valence-corrected chi connectivity index (χ2v) is 5.76. The summed E-state index contributed by atoms with van der Waals surface area (Å²) in [6.07, 6.45) is 0.962. The zero-order chi connectivity index (χ0) is 13.0. The predicted molar refractivity (Wildman–Crippen MR) is 75.7 cm³/mol. The number of nitrogens with one attached hydrogen (secondary N) is 1. The number of methoxy groups -OCH3 is 1. The molecule has 1 aromatic rings. The molecule has 1 heterocycles. The molecule has 0 aliphatic carbocycles. The van der Waals surface area contributed by atoms with E-state index in [2.05, 4.69) is 52.4 Å². The SMILES string of the molecule is COC1(CNC(C)c2ccc(Br)cc2)CCOC1. The molecule has 1 N–H and O–H groups in total. The van der Waals surface area contributed by atoms with Crippen LogP contribution in [0.25, 0.3) is 0 Å². The predicted octanol–water partition coefficient (Wildman–Crippen LogP) is 2.91. The summed E-state index contributed by atoms with van der Waals surface area (Å²) < 4.78 is 12.2. The smallest absolute Gasteiger partial charge is 0.106 e. The molecule has 0 amide bonds. The monoisotopic (exact) mass is 313 g/mol. The van der Waals surface area contributed by atoms with Crippen molar-refractivity contribution in [1.29, 1.82) is 0 Å². The molecular formula is C14H20BrNO2. The van der Waals surface area contributed by atoms with E-state index in [9.17, 15) is 0 Å². The first-order valence-corrected chi connectivity index (χ1v) is 7.06. The van der Waals surface area contributed by atoms with Gasteiger partial charge in [-0.3, -0.25) is 0 Å². The van der Waals surface area contributed by atoms with Gasteiger partial charge in [0.1, 0.15) is 5.60 Å². The van der Waals surface area contributed by atoms with Crippen LogP contribution in [0.4, 0.5) is 0 Å². The lowest BCUT2D eigenvalue weighted by Gasteiger charge is -2.28. The summed E-state index contributed by atoms with van der Waals surface area (Å²) >= 11 is 3.45. The van der Waals surface area contributed by atoms with Crippen LogP contribution in [0.3, 0.4) is 0 Å². The number of hydrogen-bond acceptors (Lipinski definition) is 3. The molecule has 0 bridgehead atoms. The van der Waals surface area contributed by atoms with Crippen LogP contribution in [0.15, 0.2) is 28.7 Å². The van der Waals surface area contributed by atoms with Crippen molar-refractivity contribution >= 4 is 15.9 Å². The van der Waals surface area contributed by atoms with E-state index in [0.717, 1.165) is 24.0 Å². The Labute approximate surface area is 117 Å². The van der Waals surface area contributed by atoms with Gasteiger partial charge in [-0.2, -0.15) is 0 Å². The van der Waals surface area contributed by atoms with Gasteiger partial charge in [-0.05, 0) is 24.6 Å². The van der Waals surface area contributed by atoms with Crippen LogP contribution in [0.2, 0.25) is 0 Å². The quantitative estimate of drug-likeness (QED) is 0.906. The van der Waals surface area contributed by atoms with Crippen molar-refractivity contribution in [2.45, 2.75) is 25.0 Å². The topological polar surface area (TPSA) is 30.5 Å². The van der Waals surface area contributed by atoms with Gasteiger partial charge >= 0.3 is 0 Å². The maximum atomic E-state index is 5.61. The first kappa shape index (κ1) is 14.0. The molecule has 1 aliphatic heterocycles. The molecular weight excluding hydrogens is 294 g/mol. The van der Waals surface area contributed by atoms with Crippen LogP contribution in [-0.4, -0.2) is 32.5 Å². The molecule has 2 rings (SSSR count). The minimum absolute atomic E-state index is 0.149. The van der Waals surface area contributed by atoms with E-state index in [1.165, 1.54) is 5.56 Å². The summed E-state index contributed by atoms with van der Waals surface area (Å²) in [6.45, 7) is 4.47. The van der Waals surface area contributed by atoms with E-state index in [-0.39, 0.29) is 5.60 Å². The molecule has 4 heteroatoms. The normalized spacial score (nSPS) is 25.3. The van der Waals surface area contributed by atoms with Crippen LogP contribution in [-0.2, 0) is 9.47 Å².